The first-order valence-corrected chi connectivity index (χ1v) is 0.651. The van der Waals surface area contributed by atoms with Crippen molar-refractivity contribution in [2.24, 2.45) is 0 Å². The van der Waals surface area contributed by atoms with Crippen molar-refractivity contribution >= 4 is 6.16 Å². The van der Waals surface area contributed by atoms with Crippen molar-refractivity contribution in [2.45, 2.75) is 0 Å². The summed E-state index contributed by atoms with van der Waals surface area (Å²) in [6.45, 7) is 0. The number of hydrogen-bond acceptors (Lipinski definition) is 1. The molecule has 0 aromatic heterocycles. The Labute approximate surface area is 73.3 Å². The van der Waals surface area contributed by atoms with Crippen LogP contribution in [0.4, 0.5) is 4.79 Å². The van der Waals surface area contributed by atoms with Gasteiger partial charge in [0.25, 0.3) is 0 Å². The summed E-state index contributed by atoms with van der Waals surface area (Å²) >= 11 is 0. The second-order valence-electron chi connectivity index (χ2n) is 0.283. The van der Waals surface area contributed by atoms with E-state index in [9.17, 15) is 0 Å². The topological polar surface area (TPSA) is 121 Å². The molecule has 0 spiro atoms. The maximum Gasteiger partial charge on any atom is 0.503 e. The van der Waals surface area contributed by atoms with Crippen LogP contribution in [0.2, 0.25) is 0 Å². The van der Waals surface area contributed by atoms with E-state index in [1.165, 1.54) is 0 Å². The molecule has 0 aliphatic rings. The maximum absolute atomic E-state index is 8.56. The van der Waals surface area contributed by atoms with Crippen LogP contribution in [0.5, 0.6) is 0 Å². The fraction of sp³-hybridized carbons (Fsp3) is 0. The third-order valence-electron chi connectivity index (χ3n) is 0. The van der Waals surface area contributed by atoms with Crippen LogP contribution in [0.25, 0.3) is 0 Å². The molecule has 44 valence electrons. The summed E-state index contributed by atoms with van der Waals surface area (Å²) in [5.41, 5.74) is 0. The van der Waals surface area contributed by atoms with Gasteiger partial charge in [0.05, 0.1) is 0 Å². The summed E-state index contributed by atoms with van der Waals surface area (Å²) < 4.78 is 0. The molecule has 0 radical (unpaired) electrons. The van der Waals surface area contributed by atoms with Gasteiger partial charge in [-0.25, -0.2) is 4.79 Å². The molecule has 0 rings (SSSR count). The Kier molecular flexibility index (Phi) is 58.6. The van der Waals surface area contributed by atoms with Crippen molar-refractivity contribution < 1.29 is 67.7 Å². The number of carbonyl (C=O) groups is 1. The van der Waals surface area contributed by atoms with Crippen LogP contribution in [0.1, 0.15) is 0 Å². The van der Waals surface area contributed by atoms with Gasteiger partial charge in [-0.1, -0.05) is 0 Å². The quantitative estimate of drug-likeness (QED) is 0.538. The summed E-state index contributed by atoms with van der Waals surface area (Å²) in [7, 11) is 0. The molecule has 0 aliphatic heterocycles. The average Bonchev–Trinajstić information content (AvgIpc) is 0.811. The summed E-state index contributed by atoms with van der Waals surface area (Å²) in [5.74, 6) is 0. The Morgan fingerprint density at radius 3 is 1.14 bits per heavy atom. The third-order valence-corrected chi connectivity index (χ3v) is 0. The predicted molar refractivity (Wildman–Crippen MR) is 17.9 cm³/mol. The van der Waals surface area contributed by atoms with Gasteiger partial charge in [0.1, 0.15) is 0 Å². The Morgan fingerprint density at radius 1 is 1.14 bits per heavy atom. The molecule has 0 unspecified atom stereocenters. The molecule has 0 fully saturated rings. The Morgan fingerprint density at radius 2 is 1.14 bits per heavy atom. The van der Waals surface area contributed by atoms with Gasteiger partial charge in [-0.3, -0.25) is 0 Å². The molecule has 6 N–H and O–H groups in total. The SMILES string of the molecule is O.O.O=C(O)O.[Ce]. The number of rotatable bonds is 0. The molecule has 0 aromatic carbocycles. The zero-order valence-corrected chi connectivity index (χ0v) is 6.44. The minimum Gasteiger partial charge on any atom is -0.450 e. The van der Waals surface area contributed by atoms with Crippen molar-refractivity contribution in [3.63, 3.8) is 0 Å². The van der Waals surface area contributed by atoms with E-state index in [4.69, 9.17) is 15.0 Å². The smallest absolute Gasteiger partial charge is 0.450 e. The van der Waals surface area contributed by atoms with Gasteiger partial charge in [-0.2, -0.15) is 0 Å². The molecule has 0 saturated carbocycles. The van der Waals surface area contributed by atoms with Gasteiger partial charge in [-0.15, -0.1) is 0 Å². The zero-order valence-electron chi connectivity index (χ0n) is 3.30. The van der Waals surface area contributed by atoms with Gasteiger partial charge in [-0.05, 0) is 0 Å². The molecule has 0 aliphatic carbocycles. The average molecular weight is 238 g/mol. The largest absolute Gasteiger partial charge is 0.503 e. The van der Waals surface area contributed by atoms with Crippen LogP contribution in [-0.2, 0) is 0 Å². The molecule has 7 heavy (non-hydrogen) atoms. The van der Waals surface area contributed by atoms with E-state index in [0.29, 0.717) is 0 Å². The van der Waals surface area contributed by atoms with Crippen molar-refractivity contribution in [2.75, 3.05) is 0 Å². The summed E-state index contributed by atoms with van der Waals surface area (Å²) in [5, 5.41) is 13.9. The zero-order chi connectivity index (χ0) is 3.58. The van der Waals surface area contributed by atoms with E-state index in [1.807, 2.05) is 0 Å². The van der Waals surface area contributed by atoms with Crippen molar-refractivity contribution in [3.05, 3.63) is 0 Å². The number of hydrogen-bond donors (Lipinski definition) is 2. The summed E-state index contributed by atoms with van der Waals surface area (Å²) in [6, 6.07) is 0. The molecular weight excluding hydrogens is 232 g/mol. The van der Waals surface area contributed by atoms with Crippen LogP contribution in [0, 0.1) is 41.7 Å². The minimum absolute atomic E-state index is 0. The number of carboxylic acid groups (broad SMARTS) is 2. The molecule has 0 amide bonds. The normalized spacial score (nSPS) is 3.43. The fourth-order valence-corrected chi connectivity index (χ4v) is 0. The Balaban J connectivity index is -0.0000000150. The molecule has 0 atom stereocenters. The third kappa shape index (κ3) is 427. The first-order chi connectivity index (χ1) is 1.73. The van der Waals surface area contributed by atoms with Crippen LogP contribution >= 0.6 is 0 Å². The van der Waals surface area contributed by atoms with E-state index >= 15 is 0 Å². The first-order valence-electron chi connectivity index (χ1n) is 0.651. The predicted octanol–water partition coefficient (Wildman–Crippen LogP) is -1.43. The van der Waals surface area contributed by atoms with Gasteiger partial charge < -0.3 is 21.2 Å². The molecule has 0 aromatic rings. The van der Waals surface area contributed by atoms with E-state index in [1.54, 1.807) is 0 Å². The first kappa shape index (κ1) is 25.6. The second kappa shape index (κ2) is 16.0. The molecule has 0 heterocycles. The van der Waals surface area contributed by atoms with Gasteiger partial charge in [0, 0.05) is 41.7 Å². The molecule has 5 nitrogen and oxygen atoms in total. The van der Waals surface area contributed by atoms with E-state index < -0.39 is 6.16 Å². The Bertz CT molecular complexity index is 31.1. The van der Waals surface area contributed by atoms with Crippen molar-refractivity contribution in [1.82, 2.24) is 0 Å². The van der Waals surface area contributed by atoms with Crippen LogP contribution in [0.15, 0.2) is 0 Å². The van der Waals surface area contributed by atoms with Crippen LogP contribution in [-0.4, -0.2) is 27.3 Å². The van der Waals surface area contributed by atoms with Gasteiger partial charge in [0.15, 0.2) is 0 Å². The summed E-state index contributed by atoms with van der Waals surface area (Å²) in [4.78, 5) is 8.56. The van der Waals surface area contributed by atoms with Gasteiger partial charge in [0.2, 0.25) is 0 Å². The molecule has 0 saturated heterocycles. The van der Waals surface area contributed by atoms with Crippen LogP contribution in [0.3, 0.4) is 0 Å². The summed E-state index contributed by atoms with van der Waals surface area (Å²) in [6.07, 6.45) is -1.83. The van der Waals surface area contributed by atoms with Crippen LogP contribution < -0.4 is 0 Å². The maximum atomic E-state index is 8.56. The molecular formula is CH6CeO5. The van der Waals surface area contributed by atoms with E-state index in [-0.39, 0.29) is 52.7 Å². The monoisotopic (exact) mass is 238 g/mol. The fourth-order valence-electron chi connectivity index (χ4n) is 0. The molecule has 6 heteroatoms. The molecule has 0 bridgehead atoms. The van der Waals surface area contributed by atoms with Crippen molar-refractivity contribution in [1.29, 1.82) is 0 Å². The minimum atomic E-state index is -1.83. The second-order valence-corrected chi connectivity index (χ2v) is 0.283. The Hall–Kier alpha value is 0.567. The standard InChI is InChI=1S/CH2O3.Ce.2H2O/c2-1(3)4;;;/h(H2,2,3,4);;2*1H2. The van der Waals surface area contributed by atoms with Crippen molar-refractivity contribution in [3.8, 4) is 0 Å². The van der Waals surface area contributed by atoms with E-state index in [0.717, 1.165) is 0 Å². The van der Waals surface area contributed by atoms with E-state index in [2.05, 4.69) is 0 Å². The van der Waals surface area contributed by atoms with Gasteiger partial charge >= 0.3 is 6.16 Å².